The molecule has 0 spiro atoms. The summed E-state index contributed by atoms with van der Waals surface area (Å²) >= 11 is 0. The lowest BCUT2D eigenvalue weighted by molar-refractivity contribution is 0.0532. The molecule has 0 bridgehead atoms. The van der Waals surface area contributed by atoms with E-state index < -0.39 is 0 Å². The summed E-state index contributed by atoms with van der Waals surface area (Å²) in [5.74, 6) is 0.588. The summed E-state index contributed by atoms with van der Waals surface area (Å²) in [6, 6.07) is 11.0. The van der Waals surface area contributed by atoms with Gasteiger partial charge < -0.3 is 18.9 Å². The molecular weight excluding hydrogens is 356 g/mol. The predicted molar refractivity (Wildman–Crippen MR) is 105 cm³/mol. The number of piperazine rings is 1. The third kappa shape index (κ3) is 3.43. The highest BCUT2D eigenvalue weighted by molar-refractivity contribution is 5.95. The van der Waals surface area contributed by atoms with Gasteiger partial charge in [-0.25, -0.2) is 4.98 Å². The van der Waals surface area contributed by atoms with Gasteiger partial charge in [0.15, 0.2) is 0 Å². The normalized spacial score (nSPS) is 14.4. The van der Waals surface area contributed by atoms with Crippen LogP contribution in [0.15, 0.2) is 48.8 Å². The van der Waals surface area contributed by atoms with Gasteiger partial charge in [0, 0.05) is 44.1 Å². The summed E-state index contributed by atoms with van der Waals surface area (Å²) in [5, 5.41) is 0. The van der Waals surface area contributed by atoms with Crippen LogP contribution in [0.25, 0.3) is 5.65 Å². The highest BCUT2D eigenvalue weighted by Crippen LogP contribution is 2.16. The van der Waals surface area contributed by atoms with Crippen LogP contribution in [0.1, 0.15) is 26.4 Å². The van der Waals surface area contributed by atoms with Gasteiger partial charge in [-0.2, -0.15) is 0 Å². The fourth-order valence-electron chi connectivity index (χ4n) is 3.38. The number of fused-ring (bicyclic) bond motifs is 1. The van der Waals surface area contributed by atoms with Crippen LogP contribution in [-0.2, 0) is 0 Å². The molecule has 28 heavy (non-hydrogen) atoms. The van der Waals surface area contributed by atoms with Gasteiger partial charge in [-0.3, -0.25) is 9.59 Å². The minimum atomic E-state index is -0.0992. The number of rotatable bonds is 3. The number of carbonyl (C=O) groups excluding carboxylic acids is 2. The molecule has 1 aliphatic rings. The van der Waals surface area contributed by atoms with E-state index in [-0.39, 0.29) is 11.8 Å². The summed E-state index contributed by atoms with van der Waals surface area (Å²) in [4.78, 5) is 33.4. The number of pyridine rings is 1. The van der Waals surface area contributed by atoms with Gasteiger partial charge in [0.1, 0.15) is 17.1 Å². The first-order chi connectivity index (χ1) is 13.5. The van der Waals surface area contributed by atoms with Gasteiger partial charge in [0.2, 0.25) is 0 Å². The van der Waals surface area contributed by atoms with E-state index in [1.807, 2.05) is 29.7 Å². The highest BCUT2D eigenvalue weighted by atomic mass is 16.5. The van der Waals surface area contributed by atoms with Crippen LogP contribution < -0.4 is 4.74 Å². The van der Waals surface area contributed by atoms with Crippen LogP contribution in [0.3, 0.4) is 0 Å². The molecule has 1 aliphatic heterocycles. The lowest BCUT2D eigenvalue weighted by Crippen LogP contribution is -2.50. The Morgan fingerprint density at radius 2 is 1.61 bits per heavy atom. The fraction of sp³-hybridized carbons (Fsp3) is 0.286. The standard InChI is InChI=1S/C21H22N4O3/c1-15-7-8-25-14-18(22-19(25)13-15)21(27)24-11-9-23(10-12-24)20(26)16-3-5-17(28-2)6-4-16/h3-8,13-14H,9-12H2,1-2H3. The Bertz CT molecular complexity index is 1020. The van der Waals surface area contributed by atoms with Crippen LogP contribution in [0.4, 0.5) is 0 Å². The lowest BCUT2D eigenvalue weighted by Gasteiger charge is -2.34. The maximum absolute atomic E-state index is 12.8. The maximum Gasteiger partial charge on any atom is 0.274 e. The Labute approximate surface area is 163 Å². The maximum atomic E-state index is 12.8. The van der Waals surface area contributed by atoms with Crippen molar-refractivity contribution in [3.63, 3.8) is 0 Å². The van der Waals surface area contributed by atoms with Gasteiger partial charge in [-0.1, -0.05) is 0 Å². The third-order valence-electron chi connectivity index (χ3n) is 5.03. The molecule has 144 valence electrons. The Balaban J connectivity index is 1.41. The number of hydrogen-bond donors (Lipinski definition) is 0. The predicted octanol–water partition coefficient (Wildman–Crippen LogP) is 2.25. The number of ether oxygens (including phenoxy) is 1. The molecule has 2 aromatic heterocycles. The van der Waals surface area contributed by atoms with Gasteiger partial charge >= 0.3 is 0 Å². The van der Waals surface area contributed by atoms with Crippen molar-refractivity contribution in [3.05, 3.63) is 65.6 Å². The smallest absolute Gasteiger partial charge is 0.274 e. The first-order valence-corrected chi connectivity index (χ1v) is 9.23. The van der Waals surface area contributed by atoms with Crippen molar-refractivity contribution in [1.29, 1.82) is 0 Å². The van der Waals surface area contributed by atoms with Crippen molar-refractivity contribution in [3.8, 4) is 5.75 Å². The number of hydrogen-bond acceptors (Lipinski definition) is 4. The molecule has 1 aromatic carbocycles. The molecule has 0 unspecified atom stereocenters. The van der Waals surface area contributed by atoms with E-state index in [1.54, 1.807) is 47.4 Å². The van der Waals surface area contributed by atoms with E-state index in [2.05, 4.69) is 4.98 Å². The molecule has 0 atom stereocenters. The number of aromatic nitrogens is 2. The number of benzene rings is 1. The van der Waals surface area contributed by atoms with E-state index in [9.17, 15) is 9.59 Å². The van der Waals surface area contributed by atoms with Crippen molar-refractivity contribution in [2.45, 2.75) is 6.92 Å². The zero-order chi connectivity index (χ0) is 19.7. The topological polar surface area (TPSA) is 67.2 Å². The average molecular weight is 378 g/mol. The van der Waals surface area contributed by atoms with Gasteiger partial charge in [-0.05, 0) is 48.9 Å². The Morgan fingerprint density at radius 3 is 2.25 bits per heavy atom. The van der Waals surface area contributed by atoms with Crippen molar-refractivity contribution in [2.24, 2.45) is 0 Å². The molecule has 4 rings (SSSR count). The minimum Gasteiger partial charge on any atom is -0.497 e. The molecule has 7 heteroatoms. The van der Waals surface area contributed by atoms with E-state index in [1.165, 1.54) is 0 Å². The quantitative estimate of drug-likeness (QED) is 0.701. The SMILES string of the molecule is COc1ccc(C(=O)N2CCN(C(=O)c3cn4ccc(C)cc4n3)CC2)cc1. The summed E-state index contributed by atoms with van der Waals surface area (Å²) in [5.41, 5.74) is 2.91. The Morgan fingerprint density at radius 1 is 0.964 bits per heavy atom. The summed E-state index contributed by atoms with van der Waals surface area (Å²) in [6.45, 7) is 3.99. The van der Waals surface area contributed by atoms with E-state index >= 15 is 0 Å². The van der Waals surface area contributed by atoms with E-state index in [4.69, 9.17) is 4.74 Å². The van der Waals surface area contributed by atoms with E-state index in [0.717, 1.165) is 17.0 Å². The van der Waals surface area contributed by atoms with Crippen LogP contribution in [0.2, 0.25) is 0 Å². The first kappa shape index (κ1) is 18.0. The molecule has 3 aromatic rings. The fourth-order valence-corrected chi connectivity index (χ4v) is 3.38. The Kier molecular flexibility index (Phi) is 4.73. The van der Waals surface area contributed by atoms with E-state index in [0.29, 0.717) is 37.4 Å². The van der Waals surface area contributed by atoms with Crippen molar-refractivity contribution in [1.82, 2.24) is 19.2 Å². The number of nitrogens with zero attached hydrogens (tertiary/aromatic N) is 4. The third-order valence-corrected chi connectivity index (χ3v) is 5.03. The largest absolute Gasteiger partial charge is 0.497 e. The van der Waals surface area contributed by atoms with Crippen molar-refractivity contribution in [2.75, 3.05) is 33.3 Å². The minimum absolute atomic E-state index is 0.0297. The summed E-state index contributed by atoms with van der Waals surface area (Å²) < 4.78 is 6.98. The molecule has 3 heterocycles. The second kappa shape index (κ2) is 7.34. The molecular formula is C21H22N4O3. The Hall–Kier alpha value is -3.35. The number of aryl methyl sites for hydroxylation is 1. The number of imidazole rings is 1. The number of methoxy groups -OCH3 is 1. The second-order valence-electron chi connectivity index (χ2n) is 6.91. The molecule has 0 aliphatic carbocycles. The zero-order valence-electron chi connectivity index (χ0n) is 16.0. The molecule has 0 saturated carbocycles. The molecule has 2 amide bonds. The van der Waals surface area contributed by atoms with Gasteiger partial charge in [-0.15, -0.1) is 0 Å². The molecule has 0 radical (unpaired) electrons. The van der Waals surface area contributed by atoms with Gasteiger partial charge in [0.25, 0.3) is 11.8 Å². The molecule has 7 nitrogen and oxygen atoms in total. The van der Waals surface area contributed by atoms with Crippen LogP contribution >= 0.6 is 0 Å². The molecule has 1 fully saturated rings. The van der Waals surface area contributed by atoms with Crippen molar-refractivity contribution >= 4 is 17.5 Å². The zero-order valence-corrected chi connectivity index (χ0v) is 16.0. The second-order valence-corrected chi connectivity index (χ2v) is 6.91. The number of amides is 2. The molecule has 0 N–H and O–H groups in total. The lowest BCUT2D eigenvalue weighted by atomic mass is 10.1. The number of carbonyl (C=O) groups is 2. The van der Waals surface area contributed by atoms with Gasteiger partial charge in [0.05, 0.1) is 7.11 Å². The first-order valence-electron chi connectivity index (χ1n) is 9.23. The monoisotopic (exact) mass is 378 g/mol. The highest BCUT2D eigenvalue weighted by Gasteiger charge is 2.26. The average Bonchev–Trinajstić information content (AvgIpc) is 3.16. The van der Waals surface area contributed by atoms with Crippen LogP contribution in [0, 0.1) is 6.92 Å². The van der Waals surface area contributed by atoms with Crippen LogP contribution in [-0.4, -0.2) is 64.3 Å². The summed E-state index contributed by atoms with van der Waals surface area (Å²) in [6.07, 6.45) is 3.66. The van der Waals surface area contributed by atoms with Crippen molar-refractivity contribution < 1.29 is 14.3 Å². The summed E-state index contributed by atoms with van der Waals surface area (Å²) in [7, 11) is 1.59. The van der Waals surface area contributed by atoms with Crippen LogP contribution in [0.5, 0.6) is 5.75 Å². The molecule has 1 saturated heterocycles.